The van der Waals surface area contributed by atoms with Crippen LogP contribution in [0.2, 0.25) is 0 Å². The summed E-state index contributed by atoms with van der Waals surface area (Å²) >= 11 is 0. The van der Waals surface area contributed by atoms with E-state index in [-0.39, 0.29) is 11.6 Å². The second-order valence-electron chi connectivity index (χ2n) is 3.37. The third-order valence-electron chi connectivity index (χ3n) is 2.00. The number of hydrogen-bond donors (Lipinski definition) is 2. The highest BCUT2D eigenvalue weighted by molar-refractivity contribution is 5.97. The van der Waals surface area contributed by atoms with Gasteiger partial charge in [0, 0.05) is 24.4 Å². The van der Waals surface area contributed by atoms with Gasteiger partial charge in [-0.1, -0.05) is 13.0 Å². The molecule has 1 heterocycles. The van der Waals surface area contributed by atoms with Crippen LogP contribution in [0.25, 0.3) is 6.08 Å². The van der Waals surface area contributed by atoms with Crippen molar-refractivity contribution in [3.63, 3.8) is 0 Å². The Bertz CT molecular complexity index is 441. The van der Waals surface area contributed by atoms with Crippen molar-refractivity contribution in [3.05, 3.63) is 35.7 Å². The molecule has 0 fully saturated rings. The van der Waals surface area contributed by atoms with Crippen LogP contribution in [0.4, 0.5) is 0 Å². The lowest BCUT2D eigenvalue weighted by atomic mass is 10.1. The van der Waals surface area contributed by atoms with Crippen molar-refractivity contribution in [2.45, 2.75) is 13.3 Å². The zero-order chi connectivity index (χ0) is 12.7. The van der Waals surface area contributed by atoms with E-state index in [9.17, 15) is 9.59 Å². The van der Waals surface area contributed by atoms with Crippen molar-refractivity contribution in [3.8, 4) is 0 Å². The summed E-state index contributed by atoms with van der Waals surface area (Å²) in [6.45, 7) is 2.52. The topological polar surface area (TPSA) is 79.3 Å². The summed E-state index contributed by atoms with van der Waals surface area (Å²) in [7, 11) is 0. The average Bonchev–Trinajstić information content (AvgIpc) is 2.33. The van der Waals surface area contributed by atoms with Crippen molar-refractivity contribution >= 4 is 18.0 Å². The van der Waals surface area contributed by atoms with Crippen LogP contribution >= 0.6 is 0 Å². The van der Waals surface area contributed by atoms with E-state index >= 15 is 0 Å². The standard InChI is InChI=1S/C12H14N2O3/c1-2-7-14-12(17)11-9(4-3-8-13-11)5-6-10(15)16/h3-6,8H,2,7H2,1H3,(H,14,17)(H,15,16)/b6-5+. The zero-order valence-corrected chi connectivity index (χ0v) is 9.51. The summed E-state index contributed by atoms with van der Waals surface area (Å²) in [4.78, 5) is 26.1. The molecule has 1 amide bonds. The number of carbonyl (C=O) groups excluding carboxylic acids is 1. The minimum absolute atomic E-state index is 0.235. The molecule has 0 bridgehead atoms. The molecule has 90 valence electrons. The molecule has 0 saturated heterocycles. The number of aliphatic carboxylic acids is 1. The molecule has 17 heavy (non-hydrogen) atoms. The molecule has 0 aliphatic carbocycles. The molecule has 1 aromatic rings. The van der Waals surface area contributed by atoms with Crippen molar-refractivity contribution in [2.24, 2.45) is 0 Å². The van der Waals surface area contributed by atoms with Gasteiger partial charge in [-0.15, -0.1) is 0 Å². The number of rotatable bonds is 5. The van der Waals surface area contributed by atoms with Crippen molar-refractivity contribution < 1.29 is 14.7 Å². The highest BCUT2D eigenvalue weighted by atomic mass is 16.4. The minimum Gasteiger partial charge on any atom is -0.478 e. The van der Waals surface area contributed by atoms with Gasteiger partial charge in [0.1, 0.15) is 5.69 Å². The van der Waals surface area contributed by atoms with E-state index in [2.05, 4.69) is 10.3 Å². The number of amides is 1. The summed E-state index contributed by atoms with van der Waals surface area (Å²) < 4.78 is 0. The number of nitrogens with zero attached hydrogens (tertiary/aromatic N) is 1. The van der Waals surface area contributed by atoms with Gasteiger partial charge in [-0.05, 0) is 18.6 Å². The van der Waals surface area contributed by atoms with E-state index in [4.69, 9.17) is 5.11 Å². The summed E-state index contributed by atoms with van der Waals surface area (Å²) in [5, 5.41) is 11.2. The van der Waals surface area contributed by atoms with Gasteiger partial charge in [0.15, 0.2) is 0 Å². The van der Waals surface area contributed by atoms with E-state index < -0.39 is 5.97 Å². The van der Waals surface area contributed by atoms with Crippen LogP contribution in [0.3, 0.4) is 0 Å². The summed E-state index contributed by atoms with van der Waals surface area (Å²) in [6.07, 6.45) is 4.67. The van der Waals surface area contributed by atoms with Crippen LogP contribution in [0.15, 0.2) is 24.4 Å². The van der Waals surface area contributed by atoms with E-state index in [0.29, 0.717) is 12.1 Å². The van der Waals surface area contributed by atoms with Gasteiger partial charge >= 0.3 is 5.97 Å². The maximum absolute atomic E-state index is 11.7. The Morgan fingerprint density at radius 3 is 2.94 bits per heavy atom. The number of carboxylic acids is 1. The Kier molecular flexibility index (Phi) is 4.87. The van der Waals surface area contributed by atoms with E-state index in [1.54, 1.807) is 12.1 Å². The monoisotopic (exact) mass is 234 g/mol. The number of carbonyl (C=O) groups is 2. The Balaban J connectivity index is 2.91. The van der Waals surface area contributed by atoms with Crippen molar-refractivity contribution in [2.75, 3.05) is 6.54 Å². The first-order valence-electron chi connectivity index (χ1n) is 5.29. The molecule has 0 unspecified atom stereocenters. The third-order valence-corrected chi connectivity index (χ3v) is 2.00. The zero-order valence-electron chi connectivity index (χ0n) is 9.51. The van der Waals surface area contributed by atoms with E-state index in [0.717, 1.165) is 12.5 Å². The Labute approximate surface area is 99.2 Å². The Morgan fingerprint density at radius 2 is 2.29 bits per heavy atom. The molecule has 0 radical (unpaired) electrons. The molecule has 0 aliphatic rings. The summed E-state index contributed by atoms with van der Waals surface area (Å²) in [5.41, 5.74) is 0.724. The fourth-order valence-corrected chi connectivity index (χ4v) is 1.23. The molecule has 0 saturated carbocycles. The van der Waals surface area contributed by atoms with Crippen LogP contribution in [0, 0.1) is 0 Å². The summed E-state index contributed by atoms with van der Waals surface area (Å²) in [5.74, 6) is -1.36. The second kappa shape index (κ2) is 6.42. The predicted molar refractivity (Wildman–Crippen MR) is 63.5 cm³/mol. The predicted octanol–water partition coefficient (Wildman–Crippen LogP) is 1.32. The lowest BCUT2D eigenvalue weighted by Gasteiger charge is -2.05. The molecule has 0 aliphatic heterocycles. The molecule has 0 aromatic carbocycles. The lowest BCUT2D eigenvalue weighted by Crippen LogP contribution is -2.25. The maximum Gasteiger partial charge on any atom is 0.328 e. The number of aromatic nitrogens is 1. The van der Waals surface area contributed by atoms with E-state index in [1.807, 2.05) is 6.92 Å². The molecule has 1 aromatic heterocycles. The highest BCUT2D eigenvalue weighted by Gasteiger charge is 2.09. The van der Waals surface area contributed by atoms with E-state index in [1.165, 1.54) is 12.3 Å². The van der Waals surface area contributed by atoms with Gasteiger partial charge in [-0.2, -0.15) is 0 Å². The smallest absolute Gasteiger partial charge is 0.328 e. The minimum atomic E-state index is -1.06. The number of nitrogens with one attached hydrogen (secondary N) is 1. The van der Waals surface area contributed by atoms with Gasteiger partial charge < -0.3 is 10.4 Å². The second-order valence-corrected chi connectivity index (χ2v) is 3.37. The first-order chi connectivity index (χ1) is 8.15. The van der Waals surface area contributed by atoms with Crippen LogP contribution in [-0.2, 0) is 4.79 Å². The van der Waals surface area contributed by atoms with Gasteiger partial charge in [-0.25, -0.2) is 4.79 Å². The fraction of sp³-hybridized carbons (Fsp3) is 0.250. The number of pyridine rings is 1. The highest BCUT2D eigenvalue weighted by Crippen LogP contribution is 2.07. The average molecular weight is 234 g/mol. The Hall–Kier alpha value is -2.17. The van der Waals surface area contributed by atoms with Gasteiger partial charge in [-0.3, -0.25) is 9.78 Å². The third kappa shape index (κ3) is 4.06. The summed E-state index contributed by atoms with van der Waals surface area (Å²) in [6, 6.07) is 3.30. The first-order valence-corrected chi connectivity index (χ1v) is 5.29. The molecule has 5 nitrogen and oxygen atoms in total. The van der Waals surface area contributed by atoms with Crippen LogP contribution in [0.5, 0.6) is 0 Å². The maximum atomic E-state index is 11.7. The number of carboxylic acid groups (broad SMARTS) is 1. The molecule has 0 spiro atoms. The van der Waals surface area contributed by atoms with Gasteiger partial charge in [0.2, 0.25) is 0 Å². The normalized spacial score (nSPS) is 10.4. The fourth-order valence-electron chi connectivity index (χ4n) is 1.23. The lowest BCUT2D eigenvalue weighted by molar-refractivity contribution is -0.131. The van der Waals surface area contributed by atoms with Gasteiger partial charge in [0.05, 0.1) is 0 Å². The quantitative estimate of drug-likeness (QED) is 0.753. The molecule has 5 heteroatoms. The van der Waals surface area contributed by atoms with Gasteiger partial charge in [0.25, 0.3) is 5.91 Å². The number of hydrogen-bond acceptors (Lipinski definition) is 3. The van der Waals surface area contributed by atoms with Crippen molar-refractivity contribution in [1.82, 2.24) is 10.3 Å². The Morgan fingerprint density at radius 1 is 1.53 bits per heavy atom. The molecule has 1 rings (SSSR count). The first kappa shape index (κ1) is 12.9. The molecular formula is C12H14N2O3. The molecule has 2 N–H and O–H groups in total. The van der Waals surface area contributed by atoms with Crippen LogP contribution in [0.1, 0.15) is 29.4 Å². The van der Waals surface area contributed by atoms with Crippen LogP contribution < -0.4 is 5.32 Å². The molecule has 0 atom stereocenters. The SMILES string of the molecule is CCCNC(=O)c1ncccc1/C=C/C(=O)O. The van der Waals surface area contributed by atoms with Crippen molar-refractivity contribution in [1.29, 1.82) is 0 Å². The van der Waals surface area contributed by atoms with Crippen LogP contribution in [-0.4, -0.2) is 28.5 Å². The largest absolute Gasteiger partial charge is 0.478 e. The molecular weight excluding hydrogens is 220 g/mol.